The fourth-order valence-electron chi connectivity index (χ4n) is 2.07. The molecule has 0 aliphatic carbocycles. The van der Waals surface area contributed by atoms with Crippen LogP contribution in [0.3, 0.4) is 0 Å². The number of hydrogen-bond donors (Lipinski definition) is 0. The van der Waals surface area contributed by atoms with Crippen LogP contribution < -0.4 is 0 Å². The van der Waals surface area contributed by atoms with Crippen molar-refractivity contribution in [1.29, 1.82) is 0 Å². The molecule has 0 unspecified atom stereocenters. The van der Waals surface area contributed by atoms with E-state index in [-0.39, 0.29) is 0 Å². The van der Waals surface area contributed by atoms with E-state index in [4.69, 9.17) is 0 Å². The zero-order valence-electron chi connectivity index (χ0n) is 10.1. The van der Waals surface area contributed by atoms with Crippen molar-refractivity contribution in [1.82, 2.24) is 0 Å². The van der Waals surface area contributed by atoms with Crippen molar-refractivity contribution >= 4 is 0 Å². The second-order valence-electron chi connectivity index (χ2n) is 4.33. The quantitative estimate of drug-likeness (QED) is 0.496. The number of hydrogen-bond acceptors (Lipinski definition) is 0. The van der Waals surface area contributed by atoms with Crippen molar-refractivity contribution in [3.63, 3.8) is 0 Å². The van der Waals surface area contributed by atoms with Gasteiger partial charge in [-0.3, -0.25) is 0 Å². The molecule has 13 heavy (non-hydrogen) atoms. The number of rotatable bonds is 8. The molecule has 80 valence electrons. The molecule has 0 rings (SSSR count). The van der Waals surface area contributed by atoms with Crippen LogP contribution in [-0.2, 0) is 0 Å². The summed E-state index contributed by atoms with van der Waals surface area (Å²) in [6.45, 7) is 9.31. The van der Waals surface area contributed by atoms with Gasteiger partial charge in [0.05, 0.1) is 0 Å². The molecular weight excluding hydrogens is 156 g/mol. The number of unbranched alkanes of at least 4 members (excludes halogenated alkanes) is 1. The third-order valence-corrected chi connectivity index (χ3v) is 3.36. The minimum absolute atomic E-state index is 0.988. The molecule has 0 spiro atoms. The van der Waals surface area contributed by atoms with Gasteiger partial charge in [-0.05, 0) is 18.3 Å². The van der Waals surface area contributed by atoms with E-state index in [1.54, 1.807) is 0 Å². The summed E-state index contributed by atoms with van der Waals surface area (Å²) in [5.41, 5.74) is 0. The van der Waals surface area contributed by atoms with Gasteiger partial charge in [-0.25, -0.2) is 0 Å². The minimum Gasteiger partial charge on any atom is -0.0654 e. The summed E-state index contributed by atoms with van der Waals surface area (Å²) >= 11 is 0. The Morgan fingerprint density at radius 3 is 1.69 bits per heavy atom. The van der Waals surface area contributed by atoms with Crippen LogP contribution in [-0.4, -0.2) is 0 Å². The lowest BCUT2D eigenvalue weighted by Gasteiger charge is -2.20. The van der Waals surface area contributed by atoms with Crippen LogP contribution >= 0.6 is 0 Å². The Labute approximate surface area is 85.1 Å². The maximum Gasteiger partial charge on any atom is -0.0414 e. The Morgan fingerprint density at radius 1 is 0.769 bits per heavy atom. The summed E-state index contributed by atoms with van der Waals surface area (Å²) in [6.07, 6.45) is 9.86. The van der Waals surface area contributed by atoms with Gasteiger partial charge in [0.15, 0.2) is 0 Å². The summed E-state index contributed by atoms with van der Waals surface area (Å²) in [7, 11) is 0. The van der Waals surface area contributed by atoms with E-state index < -0.39 is 0 Å². The Bertz CT molecular complexity index is 92.2. The highest BCUT2D eigenvalue weighted by Gasteiger charge is 2.11. The van der Waals surface area contributed by atoms with Crippen LogP contribution in [0.4, 0.5) is 0 Å². The predicted octanol–water partition coefficient (Wildman–Crippen LogP) is 5.03. The fraction of sp³-hybridized carbons (Fsp3) is 1.00. The van der Waals surface area contributed by atoms with Gasteiger partial charge in [-0.2, -0.15) is 0 Å². The van der Waals surface area contributed by atoms with Gasteiger partial charge >= 0.3 is 0 Å². The molecule has 0 saturated carbocycles. The maximum absolute atomic E-state index is 2.35. The van der Waals surface area contributed by atoms with Crippen molar-refractivity contribution in [2.75, 3.05) is 0 Å². The van der Waals surface area contributed by atoms with Crippen molar-refractivity contribution < 1.29 is 0 Å². The van der Waals surface area contributed by atoms with Crippen LogP contribution in [0.25, 0.3) is 0 Å². The molecule has 0 aromatic rings. The molecule has 0 heteroatoms. The summed E-state index contributed by atoms with van der Waals surface area (Å²) in [4.78, 5) is 0. The molecule has 0 aromatic carbocycles. The zero-order chi connectivity index (χ0) is 10.1. The molecule has 0 aromatic heterocycles. The van der Waals surface area contributed by atoms with Crippen molar-refractivity contribution in [2.45, 2.75) is 72.6 Å². The molecule has 0 heterocycles. The molecular formula is C13H28. The molecule has 0 bridgehead atoms. The third kappa shape index (κ3) is 6.12. The summed E-state index contributed by atoms with van der Waals surface area (Å²) in [6, 6.07) is 0. The van der Waals surface area contributed by atoms with Gasteiger partial charge in [-0.1, -0.05) is 66.2 Å². The first-order valence-corrected chi connectivity index (χ1v) is 6.28. The van der Waals surface area contributed by atoms with Crippen LogP contribution in [0.15, 0.2) is 0 Å². The van der Waals surface area contributed by atoms with E-state index in [1.807, 2.05) is 0 Å². The Hall–Kier alpha value is 0. The van der Waals surface area contributed by atoms with Gasteiger partial charge < -0.3 is 0 Å². The fourth-order valence-corrected chi connectivity index (χ4v) is 2.07. The molecule has 0 aliphatic heterocycles. The van der Waals surface area contributed by atoms with E-state index in [9.17, 15) is 0 Å². The molecule has 0 fully saturated rings. The standard InChI is InChI=1S/C13H28/c1-5-9-10-13(8-4)11-12(6-2)7-3/h12-13H,5-11H2,1-4H3/t13-/m0/s1. The lowest BCUT2D eigenvalue weighted by atomic mass is 9.86. The highest BCUT2D eigenvalue weighted by Crippen LogP contribution is 2.25. The zero-order valence-corrected chi connectivity index (χ0v) is 10.1. The Morgan fingerprint density at radius 2 is 1.31 bits per heavy atom. The average Bonchev–Trinajstić information content (AvgIpc) is 2.19. The predicted molar refractivity (Wildman–Crippen MR) is 62.0 cm³/mol. The van der Waals surface area contributed by atoms with Crippen LogP contribution in [0, 0.1) is 11.8 Å². The SMILES string of the molecule is CCCC[C@H](CC)CC(CC)CC. The van der Waals surface area contributed by atoms with E-state index in [0.717, 1.165) is 11.8 Å². The first kappa shape index (κ1) is 13.0. The highest BCUT2D eigenvalue weighted by molar-refractivity contribution is 4.63. The highest BCUT2D eigenvalue weighted by atomic mass is 14.2. The van der Waals surface area contributed by atoms with E-state index in [0.29, 0.717) is 0 Å². The molecule has 0 N–H and O–H groups in total. The first-order chi connectivity index (χ1) is 6.28. The summed E-state index contributed by atoms with van der Waals surface area (Å²) in [5, 5.41) is 0. The van der Waals surface area contributed by atoms with Crippen LogP contribution in [0.1, 0.15) is 72.6 Å². The normalized spacial score (nSPS) is 13.6. The molecule has 0 saturated heterocycles. The summed E-state index contributed by atoms with van der Waals surface area (Å²) in [5.74, 6) is 1.99. The van der Waals surface area contributed by atoms with Gasteiger partial charge in [0, 0.05) is 0 Å². The van der Waals surface area contributed by atoms with Gasteiger partial charge in [-0.15, -0.1) is 0 Å². The first-order valence-electron chi connectivity index (χ1n) is 6.28. The van der Waals surface area contributed by atoms with Crippen molar-refractivity contribution in [2.24, 2.45) is 11.8 Å². The molecule has 0 nitrogen and oxygen atoms in total. The van der Waals surface area contributed by atoms with Crippen LogP contribution in [0.5, 0.6) is 0 Å². The molecule has 1 atom stereocenters. The van der Waals surface area contributed by atoms with Gasteiger partial charge in [0.2, 0.25) is 0 Å². The van der Waals surface area contributed by atoms with Gasteiger partial charge in [0.1, 0.15) is 0 Å². The maximum atomic E-state index is 2.35. The van der Waals surface area contributed by atoms with E-state index >= 15 is 0 Å². The third-order valence-electron chi connectivity index (χ3n) is 3.36. The minimum atomic E-state index is 0.988. The monoisotopic (exact) mass is 184 g/mol. The van der Waals surface area contributed by atoms with E-state index in [2.05, 4.69) is 27.7 Å². The topological polar surface area (TPSA) is 0 Å². The lowest BCUT2D eigenvalue weighted by Crippen LogP contribution is -2.07. The smallest absolute Gasteiger partial charge is 0.0414 e. The van der Waals surface area contributed by atoms with Crippen LogP contribution in [0.2, 0.25) is 0 Å². The second-order valence-corrected chi connectivity index (χ2v) is 4.33. The molecule has 0 radical (unpaired) electrons. The largest absolute Gasteiger partial charge is 0.0654 e. The lowest BCUT2D eigenvalue weighted by molar-refractivity contribution is 0.324. The average molecular weight is 184 g/mol. The second kappa shape index (κ2) is 8.59. The molecule has 0 aliphatic rings. The van der Waals surface area contributed by atoms with Gasteiger partial charge in [0.25, 0.3) is 0 Å². The molecule has 0 amide bonds. The Kier molecular flexibility index (Phi) is 8.59. The van der Waals surface area contributed by atoms with Crippen molar-refractivity contribution in [3.8, 4) is 0 Å². The van der Waals surface area contributed by atoms with E-state index in [1.165, 1.54) is 44.9 Å². The summed E-state index contributed by atoms with van der Waals surface area (Å²) < 4.78 is 0. The van der Waals surface area contributed by atoms with Crippen molar-refractivity contribution in [3.05, 3.63) is 0 Å². The Balaban J connectivity index is 3.67.